The lowest BCUT2D eigenvalue weighted by Gasteiger charge is -2.23. The maximum absolute atomic E-state index is 11.1. The van der Waals surface area contributed by atoms with Crippen LogP contribution in [0.3, 0.4) is 0 Å². The fourth-order valence-corrected chi connectivity index (χ4v) is 2.92. The summed E-state index contributed by atoms with van der Waals surface area (Å²) >= 11 is 0. The normalized spacial score (nSPS) is 12.0. The number of sulfonamides is 1. The summed E-state index contributed by atoms with van der Waals surface area (Å²) in [5.74, 6) is 0.234. The van der Waals surface area contributed by atoms with E-state index in [4.69, 9.17) is 14.6 Å². The number of hydrogen-bond acceptors (Lipinski definition) is 6. The molecule has 0 aliphatic rings. The molecule has 0 fully saturated rings. The predicted octanol–water partition coefficient (Wildman–Crippen LogP) is 1.30. The Morgan fingerprint density at radius 1 is 1.33 bits per heavy atom. The van der Waals surface area contributed by atoms with Gasteiger partial charge in [-0.2, -0.15) is 0 Å². The molecule has 0 bridgehead atoms. The highest BCUT2D eigenvalue weighted by atomic mass is 32.2. The van der Waals surface area contributed by atoms with Gasteiger partial charge in [0.15, 0.2) is 11.5 Å². The van der Waals surface area contributed by atoms with Gasteiger partial charge in [0, 0.05) is 11.5 Å². The number of nitrogens with two attached hydrogens (primary N) is 1. The zero-order chi connectivity index (χ0) is 16.3. The molecule has 0 amide bonds. The van der Waals surface area contributed by atoms with Crippen LogP contribution in [0.15, 0.2) is 18.2 Å². The van der Waals surface area contributed by atoms with Crippen molar-refractivity contribution in [3.63, 3.8) is 0 Å². The van der Waals surface area contributed by atoms with Crippen molar-refractivity contribution in [1.82, 2.24) is 0 Å². The number of nitrogens with zero attached hydrogens (tertiary/aromatic N) is 1. The second-order valence-corrected chi connectivity index (χ2v) is 6.97. The highest BCUT2D eigenvalue weighted by Gasteiger charge is 2.26. The number of rotatable bonds is 7. The summed E-state index contributed by atoms with van der Waals surface area (Å²) in [6.45, 7) is 3.35. The Morgan fingerprint density at radius 3 is 2.43 bits per heavy atom. The van der Waals surface area contributed by atoms with Gasteiger partial charge in [0.1, 0.15) is 0 Å². The number of nitro groups is 1. The van der Waals surface area contributed by atoms with Crippen LogP contribution in [0, 0.1) is 15.5 Å². The van der Waals surface area contributed by atoms with Crippen LogP contribution >= 0.6 is 0 Å². The molecule has 0 aliphatic carbocycles. The molecule has 0 aromatic heterocycles. The van der Waals surface area contributed by atoms with Crippen LogP contribution in [0.5, 0.6) is 11.5 Å². The molecule has 9 heteroatoms. The lowest BCUT2D eigenvalue weighted by molar-refractivity contribution is -0.385. The molecule has 8 nitrogen and oxygen atoms in total. The lowest BCUT2D eigenvalue weighted by atomic mass is 9.98. The first-order valence-electron chi connectivity index (χ1n) is 6.00. The number of primary sulfonamides is 1. The second-order valence-electron chi connectivity index (χ2n) is 5.35. The van der Waals surface area contributed by atoms with Gasteiger partial charge in [-0.05, 0) is 6.07 Å². The molecule has 0 unspecified atom stereocenters. The van der Waals surface area contributed by atoms with E-state index >= 15 is 0 Å². The highest BCUT2D eigenvalue weighted by Crippen LogP contribution is 2.32. The molecule has 1 aromatic carbocycles. The number of non-ortho nitro benzene ring substituents is 1. The zero-order valence-electron chi connectivity index (χ0n) is 12.0. The van der Waals surface area contributed by atoms with Crippen molar-refractivity contribution in [2.24, 2.45) is 10.6 Å². The Bertz CT molecular complexity index is 627. The number of ether oxygens (including phenoxy) is 2. The van der Waals surface area contributed by atoms with E-state index in [9.17, 15) is 18.5 Å². The van der Waals surface area contributed by atoms with Crippen molar-refractivity contribution >= 4 is 15.7 Å². The Balaban J connectivity index is 2.91. The second kappa shape index (κ2) is 6.27. The molecular formula is C12H18N2O6S. The number of hydrogen-bond donors (Lipinski definition) is 1. The van der Waals surface area contributed by atoms with Crippen LogP contribution in [0.1, 0.15) is 13.8 Å². The average Bonchev–Trinajstić information content (AvgIpc) is 2.33. The van der Waals surface area contributed by atoms with E-state index in [1.54, 1.807) is 13.8 Å². The first-order valence-corrected chi connectivity index (χ1v) is 7.71. The molecule has 0 heterocycles. The molecule has 0 saturated carbocycles. The van der Waals surface area contributed by atoms with Gasteiger partial charge in [-0.15, -0.1) is 0 Å². The maximum atomic E-state index is 11.1. The molecule has 0 aliphatic heterocycles. The molecule has 0 atom stereocenters. The van der Waals surface area contributed by atoms with E-state index in [0.717, 1.165) is 0 Å². The fraction of sp³-hybridized carbons (Fsp3) is 0.500. The molecule has 1 aromatic rings. The summed E-state index contributed by atoms with van der Waals surface area (Å²) in [4.78, 5) is 10.2. The number of methoxy groups -OCH3 is 1. The van der Waals surface area contributed by atoms with Gasteiger partial charge in [-0.3, -0.25) is 10.1 Å². The Hall–Kier alpha value is -1.87. The zero-order valence-corrected chi connectivity index (χ0v) is 12.8. The summed E-state index contributed by atoms with van der Waals surface area (Å²) in [6, 6.07) is 3.94. The summed E-state index contributed by atoms with van der Waals surface area (Å²) < 4.78 is 32.8. The molecule has 0 spiro atoms. The van der Waals surface area contributed by atoms with Crippen LogP contribution in [0.2, 0.25) is 0 Å². The van der Waals surface area contributed by atoms with Crippen molar-refractivity contribution in [2.45, 2.75) is 13.8 Å². The van der Waals surface area contributed by atoms with E-state index in [-0.39, 0.29) is 23.8 Å². The van der Waals surface area contributed by atoms with Crippen LogP contribution < -0.4 is 14.6 Å². The number of benzene rings is 1. The van der Waals surface area contributed by atoms with Crippen LogP contribution in [0.4, 0.5) is 5.69 Å². The van der Waals surface area contributed by atoms with Gasteiger partial charge in [0.2, 0.25) is 10.0 Å². The molecule has 21 heavy (non-hydrogen) atoms. The third kappa shape index (κ3) is 5.56. The van der Waals surface area contributed by atoms with Crippen LogP contribution in [-0.2, 0) is 10.0 Å². The summed E-state index contributed by atoms with van der Waals surface area (Å²) in [6.07, 6.45) is 0. The van der Waals surface area contributed by atoms with Crippen LogP contribution in [0.25, 0.3) is 0 Å². The van der Waals surface area contributed by atoms with Gasteiger partial charge < -0.3 is 9.47 Å². The SMILES string of the molecule is COc1ccc([N+](=O)[O-])cc1OCC(C)(C)CS(N)(=O)=O. The van der Waals surface area contributed by atoms with Gasteiger partial charge in [-0.1, -0.05) is 13.8 Å². The Labute approximate surface area is 123 Å². The van der Waals surface area contributed by atoms with Crippen molar-refractivity contribution in [3.8, 4) is 11.5 Å². The van der Waals surface area contributed by atoms with E-state index in [2.05, 4.69) is 0 Å². The first-order chi connectivity index (χ1) is 9.54. The van der Waals surface area contributed by atoms with Gasteiger partial charge in [0.05, 0.1) is 30.5 Å². The highest BCUT2D eigenvalue weighted by molar-refractivity contribution is 7.89. The third-order valence-corrected chi connectivity index (χ3v) is 3.75. The summed E-state index contributed by atoms with van der Waals surface area (Å²) in [7, 11) is -2.24. The smallest absolute Gasteiger partial charge is 0.273 e. The molecule has 2 N–H and O–H groups in total. The van der Waals surface area contributed by atoms with Crippen molar-refractivity contribution in [1.29, 1.82) is 0 Å². The topological polar surface area (TPSA) is 122 Å². The lowest BCUT2D eigenvalue weighted by Crippen LogP contribution is -2.33. The standard InChI is InChI=1S/C12H18N2O6S/c1-12(2,8-21(13,17)18)7-20-11-6-9(14(15)16)4-5-10(11)19-3/h4-6H,7-8H2,1-3H3,(H2,13,17,18). The van der Waals surface area contributed by atoms with Gasteiger partial charge >= 0.3 is 0 Å². The predicted molar refractivity (Wildman–Crippen MR) is 76.9 cm³/mol. The Morgan fingerprint density at radius 2 is 1.95 bits per heavy atom. The fourth-order valence-electron chi connectivity index (χ4n) is 1.75. The monoisotopic (exact) mass is 318 g/mol. The minimum atomic E-state index is -3.64. The van der Waals surface area contributed by atoms with E-state index in [1.807, 2.05) is 0 Å². The van der Waals surface area contributed by atoms with Crippen molar-refractivity contribution in [3.05, 3.63) is 28.3 Å². The minimum Gasteiger partial charge on any atom is -0.493 e. The molecule has 0 saturated heterocycles. The largest absolute Gasteiger partial charge is 0.493 e. The quantitative estimate of drug-likeness (QED) is 0.597. The third-order valence-electron chi connectivity index (χ3n) is 2.57. The summed E-state index contributed by atoms with van der Waals surface area (Å²) in [5.41, 5.74) is -0.890. The average molecular weight is 318 g/mol. The first kappa shape index (κ1) is 17.2. The molecule has 1 rings (SSSR count). The summed E-state index contributed by atoms with van der Waals surface area (Å²) in [5, 5.41) is 15.8. The van der Waals surface area contributed by atoms with Crippen LogP contribution in [-0.4, -0.2) is 32.8 Å². The molecule has 118 valence electrons. The minimum absolute atomic E-state index is 0.0148. The van der Waals surface area contributed by atoms with Crippen molar-refractivity contribution < 1.29 is 22.8 Å². The van der Waals surface area contributed by atoms with Crippen molar-refractivity contribution in [2.75, 3.05) is 19.5 Å². The maximum Gasteiger partial charge on any atom is 0.273 e. The van der Waals surface area contributed by atoms with E-state index in [1.165, 1.54) is 25.3 Å². The Kier molecular flexibility index (Phi) is 5.13. The van der Waals surface area contributed by atoms with Gasteiger partial charge in [0.25, 0.3) is 5.69 Å². The molecule has 0 radical (unpaired) electrons. The number of nitro benzene ring substituents is 1. The van der Waals surface area contributed by atoms with Gasteiger partial charge in [-0.25, -0.2) is 13.6 Å². The molecular weight excluding hydrogens is 300 g/mol. The van der Waals surface area contributed by atoms with E-state index < -0.39 is 20.4 Å². The van der Waals surface area contributed by atoms with E-state index in [0.29, 0.717) is 5.75 Å².